The fourth-order valence-corrected chi connectivity index (χ4v) is 1.20. The van der Waals surface area contributed by atoms with Crippen LogP contribution in [0.1, 0.15) is 12.5 Å². The Kier molecular flexibility index (Phi) is 3.58. The molecule has 0 aliphatic rings. The molecule has 13 heavy (non-hydrogen) atoms. The molecule has 0 saturated heterocycles. The van der Waals surface area contributed by atoms with Gasteiger partial charge in [-0.15, -0.1) is 0 Å². The number of halogens is 2. The van der Waals surface area contributed by atoms with E-state index >= 15 is 0 Å². The van der Waals surface area contributed by atoms with Crippen molar-refractivity contribution in [2.75, 3.05) is 0 Å². The van der Waals surface area contributed by atoms with Crippen molar-refractivity contribution in [1.82, 2.24) is 0 Å². The summed E-state index contributed by atoms with van der Waals surface area (Å²) in [6.45, 7) is 1.51. The van der Waals surface area contributed by atoms with Gasteiger partial charge in [0.1, 0.15) is 6.61 Å². The van der Waals surface area contributed by atoms with Crippen molar-refractivity contribution < 1.29 is 9.53 Å². The maximum absolute atomic E-state index is 10.5. The first-order chi connectivity index (χ1) is 6.09. The van der Waals surface area contributed by atoms with E-state index in [0.29, 0.717) is 15.6 Å². The summed E-state index contributed by atoms with van der Waals surface area (Å²) in [5, 5.41) is 1.12. The second-order valence-electron chi connectivity index (χ2n) is 2.52. The molecule has 0 saturated carbocycles. The topological polar surface area (TPSA) is 26.3 Å². The second-order valence-corrected chi connectivity index (χ2v) is 3.36. The molecule has 0 fully saturated rings. The van der Waals surface area contributed by atoms with Crippen LogP contribution >= 0.6 is 23.2 Å². The molecule has 0 aromatic heterocycles. The van der Waals surface area contributed by atoms with Crippen LogP contribution in [0.5, 0.6) is 0 Å². The van der Waals surface area contributed by atoms with Crippen molar-refractivity contribution in [2.45, 2.75) is 13.5 Å². The molecule has 0 amide bonds. The molecule has 0 atom stereocenters. The summed E-state index contributed by atoms with van der Waals surface area (Å²) < 4.78 is 4.78. The van der Waals surface area contributed by atoms with E-state index in [-0.39, 0.29) is 12.6 Å². The third-order valence-corrected chi connectivity index (χ3v) is 2.04. The largest absolute Gasteiger partial charge is 0.461 e. The van der Waals surface area contributed by atoms with E-state index in [9.17, 15) is 4.79 Å². The molecule has 0 radical (unpaired) electrons. The first-order valence-electron chi connectivity index (χ1n) is 3.67. The van der Waals surface area contributed by atoms with Gasteiger partial charge in [0.25, 0.3) is 0 Å². The summed E-state index contributed by atoms with van der Waals surface area (Å²) in [6.07, 6.45) is 0. The highest BCUT2D eigenvalue weighted by Crippen LogP contribution is 2.21. The zero-order chi connectivity index (χ0) is 9.84. The highest BCUT2D eigenvalue weighted by molar-refractivity contribution is 6.33. The Morgan fingerprint density at radius 3 is 2.77 bits per heavy atom. The normalized spacial score (nSPS) is 9.77. The zero-order valence-electron chi connectivity index (χ0n) is 7.01. The lowest BCUT2D eigenvalue weighted by Gasteiger charge is -2.04. The molecule has 0 unspecified atom stereocenters. The van der Waals surface area contributed by atoms with Gasteiger partial charge < -0.3 is 4.74 Å². The summed E-state index contributed by atoms with van der Waals surface area (Å²) in [5.74, 6) is -0.337. The van der Waals surface area contributed by atoms with Crippen LogP contribution < -0.4 is 0 Å². The van der Waals surface area contributed by atoms with Crippen LogP contribution in [0.25, 0.3) is 0 Å². The van der Waals surface area contributed by atoms with Gasteiger partial charge in [0.15, 0.2) is 0 Å². The van der Waals surface area contributed by atoms with Crippen LogP contribution in [0.15, 0.2) is 18.2 Å². The van der Waals surface area contributed by atoms with Gasteiger partial charge in [0.2, 0.25) is 0 Å². The lowest BCUT2D eigenvalue weighted by atomic mass is 10.2. The summed E-state index contributed by atoms with van der Waals surface area (Å²) in [5.41, 5.74) is 0.712. The Hall–Kier alpha value is -0.730. The van der Waals surface area contributed by atoms with Crippen molar-refractivity contribution in [1.29, 1.82) is 0 Å². The summed E-state index contributed by atoms with van der Waals surface area (Å²) in [7, 11) is 0. The molecule has 0 aliphatic heterocycles. The van der Waals surface area contributed by atoms with Gasteiger partial charge in [-0.2, -0.15) is 0 Å². The minimum absolute atomic E-state index is 0.161. The molecule has 0 spiro atoms. The average Bonchev–Trinajstić information content (AvgIpc) is 2.06. The smallest absolute Gasteiger partial charge is 0.302 e. The van der Waals surface area contributed by atoms with Crippen LogP contribution in [0.3, 0.4) is 0 Å². The predicted molar refractivity (Wildman–Crippen MR) is 51.9 cm³/mol. The number of carbonyl (C=O) groups is 1. The molecule has 70 valence electrons. The standard InChI is InChI=1S/C9H8Cl2O2/c1-6(12)13-5-7-4-8(10)2-3-9(7)11/h2-4H,5H2,1H3. The number of benzene rings is 1. The molecule has 1 aromatic rings. The van der Waals surface area contributed by atoms with Crippen molar-refractivity contribution in [3.63, 3.8) is 0 Å². The predicted octanol–water partition coefficient (Wildman–Crippen LogP) is 3.06. The molecular formula is C9H8Cl2O2. The van der Waals surface area contributed by atoms with Crippen molar-refractivity contribution in [3.05, 3.63) is 33.8 Å². The number of ether oxygens (including phenoxy) is 1. The Balaban J connectivity index is 2.75. The van der Waals surface area contributed by atoms with Gasteiger partial charge in [0, 0.05) is 22.5 Å². The van der Waals surface area contributed by atoms with Gasteiger partial charge in [-0.1, -0.05) is 23.2 Å². The lowest BCUT2D eigenvalue weighted by Crippen LogP contribution is -1.99. The third-order valence-electron chi connectivity index (χ3n) is 1.44. The maximum atomic E-state index is 10.5. The average molecular weight is 219 g/mol. The Labute approximate surface area is 86.4 Å². The lowest BCUT2D eigenvalue weighted by molar-refractivity contribution is -0.142. The van der Waals surface area contributed by atoms with Crippen molar-refractivity contribution in [2.24, 2.45) is 0 Å². The SMILES string of the molecule is CC(=O)OCc1cc(Cl)ccc1Cl. The van der Waals surface area contributed by atoms with Gasteiger partial charge in [-0.25, -0.2) is 0 Å². The zero-order valence-corrected chi connectivity index (χ0v) is 8.52. The van der Waals surface area contributed by atoms with E-state index in [4.69, 9.17) is 27.9 Å². The molecule has 0 aliphatic carbocycles. The van der Waals surface area contributed by atoms with E-state index in [1.807, 2.05) is 0 Å². The Morgan fingerprint density at radius 2 is 2.15 bits per heavy atom. The first kappa shape index (κ1) is 10.4. The number of esters is 1. The number of hydrogen-bond donors (Lipinski definition) is 0. The number of rotatable bonds is 2. The van der Waals surface area contributed by atoms with Crippen molar-refractivity contribution in [3.8, 4) is 0 Å². The van der Waals surface area contributed by atoms with Crippen LogP contribution in [-0.2, 0) is 16.1 Å². The van der Waals surface area contributed by atoms with Gasteiger partial charge in [-0.3, -0.25) is 4.79 Å². The molecule has 1 rings (SSSR count). The van der Waals surface area contributed by atoms with Crippen molar-refractivity contribution >= 4 is 29.2 Å². The minimum Gasteiger partial charge on any atom is -0.461 e. The van der Waals surface area contributed by atoms with Gasteiger partial charge >= 0.3 is 5.97 Å². The highest BCUT2D eigenvalue weighted by Gasteiger charge is 2.02. The van der Waals surface area contributed by atoms with Crippen LogP contribution in [-0.4, -0.2) is 5.97 Å². The Bertz CT molecular complexity index is 323. The summed E-state index contributed by atoms with van der Waals surface area (Å²) in [6, 6.07) is 5.02. The molecule has 0 bridgehead atoms. The fourth-order valence-electron chi connectivity index (χ4n) is 0.833. The fraction of sp³-hybridized carbons (Fsp3) is 0.222. The quantitative estimate of drug-likeness (QED) is 0.714. The second kappa shape index (κ2) is 4.49. The van der Waals surface area contributed by atoms with E-state index in [1.165, 1.54) is 6.92 Å². The maximum Gasteiger partial charge on any atom is 0.302 e. The summed E-state index contributed by atoms with van der Waals surface area (Å²) in [4.78, 5) is 10.5. The molecule has 0 heterocycles. The number of hydrogen-bond acceptors (Lipinski definition) is 2. The van der Waals surface area contributed by atoms with E-state index in [1.54, 1.807) is 18.2 Å². The van der Waals surface area contributed by atoms with Gasteiger partial charge in [0.05, 0.1) is 0 Å². The molecule has 2 nitrogen and oxygen atoms in total. The molecule has 1 aromatic carbocycles. The van der Waals surface area contributed by atoms with E-state index in [0.717, 1.165) is 0 Å². The first-order valence-corrected chi connectivity index (χ1v) is 4.42. The van der Waals surface area contributed by atoms with Crippen LogP contribution in [0.2, 0.25) is 10.0 Å². The summed E-state index contributed by atoms with van der Waals surface area (Å²) >= 11 is 11.6. The van der Waals surface area contributed by atoms with Crippen LogP contribution in [0, 0.1) is 0 Å². The Morgan fingerprint density at radius 1 is 1.46 bits per heavy atom. The third kappa shape index (κ3) is 3.25. The molecule has 0 N–H and O–H groups in total. The van der Waals surface area contributed by atoms with E-state index in [2.05, 4.69) is 0 Å². The number of carbonyl (C=O) groups excluding carboxylic acids is 1. The minimum atomic E-state index is -0.337. The van der Waals surface area contributed by atoms with Crippen LogP contribution in [0.4, 0.5) is 0 Å². The molecule has 4 heteroatoms. The highest BCUT2D eigenvalue weighted by atomic mass is 35.5. The molecular weight excluding hydrogens is 211 g/mol. The van der Waals surface area contributed by atoms with Gasteiger partial charge in [-0.05, 0) is 18.2 Å². The van der Waals surface area contributed by atoms with E-state index < -0.39 is 0 Å². The monoisotopic (exact) mass is 218 g/mol.